The molecule has 0 aliphatic heterocycles. The average molecular weight is 541 g/mol. The van der Waals surface area contributed by atoms with E-state index in [1.54, 1.807) is 36.9 Å². The van der Waals surface area contributed by atoms with Crippen LogP contribution in [0.3, 0.4) is 0 Å². The lowest BCUT2D eigenvalue weighted by Gasteiger charge is -2.06. The van der Waals surface area contributed by atoms with Gasteiger partial charge in [0.1, 0.15) is 24.7 Å². The van der Waals surface area contributed by atoms with Gasteiger partial charge >= 0.3 is 10.6 Å². The summed E-state index contributed by atoms with van der Waals surface area (Å²) in [6.07, 6.45) is 0. The summed E-state index contributed by atoms with van der Waals surface area (Å²) in [7, 11) is 0.217. The smallest absolute Gasteiger partial charge is 0.425 e. The van der Waals surface area contributed by atoms with E-state index in [0.717, 1.165) is 11.5 Å². The van der Waals surface area contributed by atoms with Gasteiger partial charge in [-0.05, 0) is 39.8 Å². The van der Waals surface area contributed by atoms with Crippen LogP contribution in [0.5, 0.6) is 11.5 Å². The zero-order valence-corrected chi connectivity index (χ0v) is 23.2. The number of methoxy groups -OCH3 is 2. The summed E-state index contributed by atoms with van der Waals surface area (Å²) in [5.41, 5.74) is 0. The van der Waals surface area contributed by atoms with Crippen molar-refractivity contribution in [1.29, 1.82) is 0 Å². The van der Waals surface area contributed by atoms with Gasteiger partial charge in [0, 0.05) is 33.7 Å². The maximum atomic E-state index is 8.44. The van der Waals surface area contributed by atoms with Crippen LogP contribution < -0.4 is 9.47 Å². The first-order chi connectivity index (χ1) is 16.2. The molecule has 0 saturated heterocycles. The molecule has 9 nitrogen and oxygen atoms in total. The molecule has 0 atom stereocenters. The molecular weight excluding hydrogens is 504 g/mol. The first-order valence-corrected chi connectivity index (χ1v) is 13.1. The quantitative estimate of drug-likeness (QED) is 0.331. The van der Waals surface area contributed by atoms with Crippen molar-refractivity contribution in [3.63, 3.8) is 0 Å². The molecule has 0 unspecified atom stereocenters. The largest absolute Gasteiger partial charge is 0.490 e. The van der Waals surface area contributed by atoms with Gasteiger partial charge in [0.15, 0.2) is 0 Å². The second-order valence-corrected chi connectivity index (χ2v) is 10.00. The molecule has 0 amide bonds. The number of aryl methyl sites for hydroxylation is 4. The van der Waals surface area contributed by atoms with Crippen LogP contribution in [-0.4, -0.2) is 79.7 Å². The van der Waals surface area contributed by atoms with Crippen LogP contribution in [0, 0.1) is 27.7 Å². The van der Waals surface area contributed by atoms with Gasteiger partial charge in [-0.3, -0.25) is 0 Å². The number of hydrogen-bond acceptors (Lipinski definition) is 11. The Morgan fingerprint density at radius 2 is 0.941 bits per heavy atom. The summed E-state index contributed by atoms with van der Waals surface area (Å²) in [6.45, 7) is 13.2. The molecule has 0 fully saturated rings. The van der Waals surface area contributed by atoms with E-state index in [-0.39, 0.29) is 0 Å². The molecule has 2 heterocycles. The topological polar surface area (TPSA) is 107 Å². The lowest BCUT2D eigenvalue weighted by atomic mass is 10.4. The van der Waals surface area contributed by atoms with Crippen LogP contribution in [0.15, 0.2) is 12.1 Å². The van der Waals surface area contributed by atoms with Gasteiger partial charge in [0.2, 0.25) is 0 Å². The van der Waals surface area contributed by atoms with Crippen LogP contribution in [0.25, 0.3) is 0 Å². The molecule has 2 rings (SSSR count). The Hall–Kier alpha value is -1.54. The number of ether oxygens (including phenoxy) is 6. The van der Waals surface area contributed by atoms with Crippen LogP contribution in [0.4, 0.5) is 0 Å². The molecule has 12 heteroatoms. The third-order valence-corrected chi connectivity index (χ3v) is 5.72. The maximum Gasteiger partial charge on any atom is 0.425 e. The molecule has 0 aliphatic carbocycles. The summed E-state index contributed by atoms with van der Waals surface area (Å²) in [6, 6.07) is 4.13. The minimum atomic E-state index is -3.11. The molecule has 0 bridgehead atoms. The Bertz CT molecular complexity index is 812. The SMILES string of the molecule is COCCOCCOc1cc(C)sc1C.COCCOCCOc1cc(C)sc1C.O=S(=O)=O. The van der Waals surface area contributed by atoms with Gasteiger partial charge in [0.25, 0.3) is 0 Å². The van der Waals surface area contributed by atoms with Crippen LogP contribution in [-0.2, 0) is 29.6 Å². The predicted octanol–water partition coefficient (Wildman–Crippen LogP) is 3.81. The molecule has 0 N–H and O–H groups in total. The highest BCUT2D eigenvalue weighted by molar-refractivity contribution is 7.59. The summed E-state index contributed by atoms with van der Waals surface area (Å²) in [4.78, 5) is 5.01. The van der Waals surface area contributed by atoms with Crippen molar-refractivity contribution in [2.24, 2.45) is 0 Å². The van der Waals surface area contributed by atoms with Crippen molar-refractivity contribution < 1.29 is 41.0 Å². The Morgan fingerprint density at radius 3 is 1.21 bits per heavy atom. The second kappa shape index (κ2) is 20.8. The van der Waals surface area contributed by atoms with Crippen molar-refractivity contribution in [2.45, 2.75) is 27.7 Å². The van der Waals surface area contributed by atoms with Crippen molar-refractivity contribution in [3.05, 3.63) is 31.6 Å². The molecule has 34 heavy (non-hydrogen) atoms. The number of thiophene rings is 2. The van der Waals surface area contributed by atoms with Crippen molar-refractivity contribution >= 4 is 33.3 Å². The highest BCUT2D eigenvalue weighted by Gasteiger charge is 2.04. The summed E-state index contributed by atoms with van der Waals surface area (Å²) < 4.78 is 56.8. The molecule has 0 saturated carbocycles. The Kier molecular flexibility index (Phi) is 19.9. The number of hydrogen-bond donors (Lipinski definition) is 0. The van der Waals surface area contributed by atoms with Gasteiger partial charge < -0.3 is 28.4 Å². The molecular formula is C22H36O9S3. The molecule has 0 spiro atoms. The highest BCUT2D eigenvalue weighted by Crippen LogP contribution is 2.28. The molecule has 0 aromatic carbocycles. The standard InChI is InChI=1S/2C11H18O3S.O3S/c2*1-9-8-11(10(2)15-9)14-7-6-13-5-4-12-3;1-4(2)3/h2*8H,4-7H2,1-3H3;. The fourth-order valence-electron chi connectivity index (χ4n) is 2.41. The van der Waals surface area contributed by atoms with E-state index in [1.807, 2.05) is 0 Å². The van der Waals surface area contributed by atoms with E-state index in [0.29, 0.717) is 52.9 Å². The minimum absolute atomic E-state index is 0.598. The van der Waals surface area contributed by atoms with Crippen LogP contribution >= 0.6 is 22.7 Å². The molecule has 2 aromatic rings. The fourth-order valence-corrected chi connectivity index (χ4v) is 4.15. The van der Waals surface area contributed by atoms with E-state index < -0.39 is 10.6 Å². The van der Waals surface area contributed by atoms with E-state index in [4.69, 9.17) is 41.0 Å². The van der Waals surface area contributed by atoms with Gasteiger partial charge in [-0.2, -0.15) is 0 Å². The minimum Gasteiger partial charge on any atom is -0.490 e. The second-order valence-electron chi connectivity index (χ2n) is 6.67. The Labute approximate surface area is 212 Å². The molecule has 196 valence electrons. The first kappa shape index (κ1) is 32.5. The molecule has 2 aromatic heterocycles. The first-order valence-electron chi connectivity index (χ1n) is 10.5. The summed E-state index contributed by atoms with van der Waals surface area (Å²) >= 11 is 3.51. The fraction of sp³-hybridized carbons (Fsp3) is 0.636. The van der Waals surface area contributed by atoms with Gasteiger partial charge in [0.05, 0.1) is 39.6 Å². The normalized spacial score (nSPS) is 10.1. The van der Waals surface area contributed by atoms with Gasteiger partial charge in [-0.25, -0.2) is 0 Å². The average Bonchev–Trinajstić information content (AvgIpc) is 3.26. The summed E-state index contributed by atoms with van der Waals surface area (Å²) in [5, 5.41) is 0. The van der Waals surface area contributed by atoms with E-state index >= 15 is 0 Å². The van der Waals surface area contributed by atoms with E-state index in [2.05, 4.69) is 39.8 Å². The van der Waals surface area contributed by atoms with Gasteiger partial charge in [-0.15, -0.1) is 35.3 Å². The predicted molar refractivity (Wildman–Crippen MR) is 134 cm³/mol. The van der Waals surface area contributed by atoms with E-state index in [9.17, 15) is 0 Å². The van der Waals surface area contributed by atoms with Crippen LogP contribution in [0.1, 0.15) is 19.5 Å². The van der Waals surface area contributed by atoms with Crippen molar-refractivity contribution in [1.82, 2.24) is 0 Å². The number of rotatable bonds is 14. The Balaban J connectivity index is 0.000000554. The lowest BCUT2D eigenvalue weighted by Crippen LogP contribution is -2.09. The molecule has 0 radical (unpaired) electrons. The Morgan fingerprint density at radius 1 is 0.618 bits per heavy atom. The van der Waals surface area contributed by atoms with Crippen LogP contribution in [0.2, 0.25) is 0 Å². The monoisotopic (exact) mass is 540 g/mol. The van der Waals surface area contributed by atoms with Gasteiger partial charge in [-0.1, -0.05) is 0 Å². The zero-order valence-electron chi connectivity index (χ0n) is 20.7. The zero-order chi connectivity index (χ0) is 25.8. The third kappa shape index (κ3) is 17.9. The lowest BCUT2D eigenvalue weighted by molar-refractivity contribution is 0.0544. The summed E-state index contributed by atoms with van der Waals surface area (Å²) in [5.74, 6) is 1.96. The highest BCUT2D eigenvalue weighted by atomic mass is 32.2. The maximum absolute atomic E-state index is 8.44. The van der Waals surface area contributed by atoms with E-state index in [1.165, 1.54) is 19.5 Å². The third-order valence-electron chi connectivity index (χ3n) is 3.82. The van der Waals surface area contributed by atoms with Crippen molar-refractivity contribution in [2.75, 3.05) is 67.1 Å². The molecule has 0 aliphatic rings. The van der Waals surface area contributed by atoms with Crippen molar-refractivity contribution in [3.8, 4) is 11.5 Å².